The van der Waals surface area contributed by atoms with Crippen molar-refractivity contribution in [2.75, 3.05) is 5.32 Å². The number of nitrogens with one attached hydrogen (secondary N) is 2. The van der Waals surface area contributed by atoms with Crippen molar-refractivity contribution in [3.05, 3.63) is 64.8 Å². The molecular weight excluding hydrogens is 490 g/mol. The van der Waals surface area contributed by atoms with E-state index in [1.807, 2.05) is 13.8 Å². The average molecular weight is 517 g/mol. The Labute approximate surface area is 212 Å². The summed E-state index contributed by atoms with van der Waals surface area (Å²) in [6, 6.07) is 7.51. The van der Waals surface area contributed by atoms with Crippen molar-refractivity contribution in [2.24, 2.45) is 5.92 Å². The number of halogens is 3. The highest BCUT2D eigenvalue weighted by atomic mass is 35.5. The van der Waals surface area contributed by atoms with Crippen molar-refractivity contribution in [1.82, 2.24) is 15.5 Å². The Morgan fingerprint density at radius 3 is 2.67 bits per heavy atom. The molecule has 1 aliphatic rings. The summed E-state index contributed by atoms with van der Waals surface area (Å²) in [4.78, 5) is 30.5. The lowest BCUT2D eigenvalue weighted by Crippen LogP contribution is -2.51. The molecule has 190 valence electrons. The molecule has 10 heteroatoms. The quantitative estimate of drug-likeness (QED) is 0.412. The van der Waals surface area contributed by atoms with Crippen LogP contribution in [0.15, 0.2) is 47.3 Å². The number of rotatable bonds is 7. The third-order valence-corrected chi connectivity index (χ3v) is 6.79. The lowest BCUT2D eigenvalue weighted by Gasteiger charge is -2.34. The van der Waals surface area contributed by atoms with Gasteiger partial charge in [0.25, 0.3) is 5.91 Å². The lowest BCUT2D eigenvalue weighted by atomic mass is 9.81. The first-order valence-corrected chi connectivity index (χ1v) is 12.2. The smallest absolute Gasteiger partial charge is 0.257 e. The van der Waals surface area contributed by atoms with Gasteiger partial charge in [-0.25, -0.2) is 8.78 Å². The summed E-state index contributed by atoms with van der Waals surface area (Å²) in [5, 5.41) is 9.77. The number of nitrogens with zero attached hydrogens (tertiary/aromatic N) is 2. The van der Waals surface area contributed by atoms with Gasteiger partial charge in [-0.15, -0.1) is 0 Å². The van der Waals surface area contributed by atoms with Gasteiger partial charge in [-0.1, -0.05) is 35.8 Å². The first kappa shape index (κ1) is 25.8. The normalized spacial score (nSPS) is 17.9. The lowest BCUT2D eigenvalue weighted by molar-refractivity contribution is -0.121. The molecule has 36 heavy (non-hydrogen) atoms. The minimum absolute atomic E-state index is 0.186. The first-order valence-electron chi connectivity index (χ1n) is 11.8. The van der Waals surface area contributed by atoms with Crippen molar-refractivity contribution in [3.63, 3.8) is 0 Å². The Bertz CT molecular complexity index is 1230. The van der Waals surface area contributed by atoms with E-state index < -0.39 is 36.1 Å². The fraction of sp³-hybridized carbons (Fsp3) is 0.385. The van der Waals surface area contributed by atoms with Gasteiger partial charge < -0.3 is 15.2 Å². The number of aryl methyl sites for hydroxylation is 2. The highest BCUT2D eigenvalue weighted by Crippen LogP contribution is 2.38. The van der Waals surface area contributed by atoms with Crippen molar-refractivity contribution >= 4 is 29.1 Å². The third kappa shape index (κ3) is 5.73. The summed E-state index contributed by atoms with van der Waals surface area (Å²) in [5.41, 5.74) is 3.45. The number of alkyl halides is 2. The van der Waals surface area contributed by atoms with Crippen LogP contribution in [0.25, 0.3) is 11.1 Å². The van der Waals surface area contributed by atoms with Crippen LogP contribution in [0.4, 0.5) is 14.5 Å². The molecule has 1 fully saturated rings. The molecule has 1 saturated carbocycles. The number of anilines is 1. The fourth-order valence-electron chi connectivity index (χ4n) is 4.63. The molecule has 2 atom stereocenters. The standard InChI is InChI=1S/C26H27ClF2N4O3/c1-3-21-19(14-36-33-21)24(34)32-23(17-5-4-11-26(28,29)13-17)25(35)31-18-8-6-16(7-9-18)22-15(2)30-12-10-20(22)27/h6-10,12,14,17,23H,3-5,11,13H2,1-2H3,(H,31,35)(H,32,34)/t17-,23?/m0/s1. The molecule has 0 aliphatic heterocycles. The van der Waals surface area contributed by atoms with E-state index in [1.54, 1.807) is 36.5 Å². The predicted octanol–water partition coefficient (Wildman–Crippen LogP) is 5.82. The van der Waals surface area contributed by atoms with Crippen LogP contribution in [-0.2, 0) is 11.2 Å². The molecule has 1 aromatic carbocycles. The Kier molecular flexibility index (Phi) is 7.68. The van der Waals surface area contributed by atoms with E-state index in [4.69, 9.17) is 16.1 Å². The SMILES string of the molecule is CCc1nocc1C(=O)NC(C(=O)Nc1ccc(-c2c(Cl)ccnc2C)cc1)[C@H]1CCCC(F)(F)C1. The molecule has 0 saturated heterocycles. The number of amides is 2. The summed E-state index contributed by atoms with van der Waals surface area (Å²) in [5.74, 6) is -4.76. The van der Waals surface area contributed by atoms with E-state index in [2.05, 4.69) is 20.8 Å². The van der Waals surface area contributed by atoms with E-state index in [0.717, 1.165) is 16.8 Å². The van der Waals surface area contributed by atoms with Crippen LogP contribution in [0.5, 0.6) is 0 Å². The number of pyridine rings is 1. The van der Waals surface area contributed by atoms with Crippen molar-refractivity contribution in [2.45, 2.75) is 57.9 Å². The van der Waals surface area contributed by atoms with Gasteiger partial charge in [0.2, 0.25) is 11.8 Å². The van der Waals surface area contributed by atoms with Crippen molar-refractivity contribution in [3.8, 4) is 11.1 Å². The number of hydrogen-bond donors (Lipinski definition) is 2. The number of aromatic nitrogens is 2. The largest absolute Gasteiger partial charge is 0.364 e. The van der Waals surface area contributed by atoms with Crippen LogP contribution < -0.4 is 10.6 Å². The van der Waals surface area contributed by atoms with Crippen LogP contribution in [0.3, 0.4) is 0 Å². The number of carbonyl (C=O) groups excluding carboxylic acids is 2. The van der Waals surface area contributed by atoms with E-state index in [0.29, 0.717) is 29.2 Å². The van der Waals surface area contributed by atoms with E-state index in [-0.39, 0.29) is 18.4 Å². The second-order valence-corrected chi connectivity index (χ2v) is 9.42. The maximum absolute atomic E-state index is 14.2. The summed E-state index contributed by atoms with van der Waals surface area (Å²) in [6.07, 6.45) is 3.23. The molecule has 3 aromatic rings. The monoisotopic (exact) mass is 516 g/mol. The molecule has 0 spiro atoms. The predicted molar refractivity (Wildman–Crippen MR) is 132 cm³/mol. The first-order chi connectivity index (χ1) is 17.2. The second kappa shape index (κ2) is 10.7. The maximum atomic E-state index is 14.2. The summed E-state index contributed by atoms with van der Waals surface area (Å²) >= 11 is 6.33. The Hall–Kier alpha value is -3.33. The van der Waals surface area contributed by atoms with E-state index in [1.165, 1.54) is 6.26 Å². The Balaban J connectivity index is 1.55. The van der Waals surface area contributed by atoms with Crippen LogP contribution in [0, 0.1) is 12.8 Å². The minimum Gasteiger partial charge on any atom is -0.364 e. The number of benzene rings is 1. The number of hydrogen-bond acceptors (Lipinski definition) is 5. The molecule has 1 unspecified atom stereocenters. The van der Waals surface area contributed by atoms with Crippen LogP contribution in [-0.4, -0.2) is 33.9 Å². The molecule has 0 bridgehead atoms. The van der Waals surface area contributed by atoms with E-state index in [9.17, 15) is 18.4 Å². The van der Waals surface area contributed by atoms with Gasteiger partial charge in [-0.3, -0.25) is 14.6 Å². The molecule has 7 nitrogen and oxygen atoms in total. The van der Waals surface area contributed by atoms with Gasteiger partial charge in [0.1, 0.15) is 17.9 Å². The Morgan fingerprint density at radius 2 is 2.00 bits per heavy atom. The van der Waals surface area contributed by atoms with Crippen molar-refractivity contribution < 1.29 is 22.9 Å². The Morgan fingerprint density at radius 1 is 1.25 bits per heavy atom. The van der Waals surface area contributed by atoms with Crippen LogP contribution in [0.2, 0.25) is 5.02 Å². The summed E-state index contributed by atoms with van der Waals surface area (Å²) in [6.45, 7) is 3.66. The maximum Gasteiger partial charge on any atom is 0.257 e. The molecular formula is C26H27ClF2N4O3. The summed E-state index contributed by atoms with van der Waals surface area (Å²) < 4.78 is 33.3. The molecule has 2 amide bonds. The molecule has 2 aromatic heterocycles. The average Bonchev–Trinajstić information content (AvgIpc) is 3.32. The topological polar surface area (TPSA) is 97.1 Å². The molecule has 1 aliphatic carbocycles. The zero-order valence-electron chi connectivity index (χ0n) is 20.0. The number of carbonyl (C=O) groups is 2. The van der Waals surface area contributed by atoms with Crippen LogP contribution in [0.1, 0.15) is 54.4 Å². The van der Waals surface area contributed by atoms with Gasteiger partial charge in [0.15, 0.2) is 0 Å². The highest BCUT2D eigenvalue weighted by molar-refractivity contribution is 6.33. The third-order valence-electron chi connectivity index (χ3n) is 6.47. The fourth-order valence-corrected chi connectivity index (χ4v) is 4.94. The highest BCUT2D eigenvalue weighted by Gasteiger charge is 2.42. The second-order valence-electron chi connectivity index (χ2n) is 9.01. The van der Waals surface area contributed by atoms with Gasteiger partial charge in [-0.2, -0.15) is 0 Å². The van der Waals surface area contributed by atoms with Gasteiger partial charge >= 0.3 is 0 Å². The van der Waals surface area contributed by atoms with Crippen molar-refractivity contribution in [1.29, 1.82) is 0 Å². The van der Waals surface area contributed by atoms with Crippen LogP contribution >= 0.6 is 11.6 Å². The zero-order chi connectivity index (χ0) is 25.9. The zero-order valence-corrected chi connectivity index (χ0v) is 20.7. The van der Waals surface area contributed by atoms with E-state index >= 15 is 0 Å². The van der Waals surface area contributed by atoms with Gasteiger partial charge in [-0.05, 0) is 55.9 Å². The van der Waals surface area contributed by atoms with Gasteiger partial charge in [0.05, 0.1) is 10.7 Å². The molecule has 0 radical (unpaired) electrons. The molecule has 4 rings (SSSR count). The molecule has 2 N–H and O–H groups in total. The minimum atomic E-state index is -2.89. The summed E-state index contributed by atoms with van der Waals surface area (Å²) in [7, 11) is 0. The van der Waals surface area contributed by atoms with Gasteiger partial charge in [0, 0.05) is 36.0 Å². The molecule has 2 heterocycles.